The minimum atomic E-state index is 0.652. The van der Waals surface area contributed by atoms with E-state index in [0.29, 0.717) is 5.95 Å². The monoisotopic (exact) mass is 347 g/mol. The van der Waals surface area contributed by atoms with E-state index in [2.05, 4.69) is 71.3 Å². The predicted molar refractivity (Wildman–Crippen MR) is 90.1 cm³/mol. The van der Waals surface area contributed by atoms with Gasteiger partial charge in [0.15, 0.2) is 0 Å². The van der Waals surface area contributed by atoms with Crippen LogP contribution < -0.4 is 15.1 Å². The largest absolute Gasteiger partial charge is 0.368 e. The van der Waals surface area contributed by atoms with E-state index in [9.17, 15) is 0 Å². The number of para-hydroxylation sites is 1. The minimum Gasteiger partial charge on any atom is -0.368 e. The van der Waals surface area contributed by atoms with Gasteiger partial charge in [-0.05, 0) is 28.1 Å². The second kappa shape index (κ2) is 6.30. The normalized spacial score (nSPS) is 15.1. The van der Waals surface area contributed by atoms with E-state index < -0.39 is 0 Å². The molecular weight excluding hydrogens is 330 g/mol. The van der Waals surface area contributed by atoms with E-state index in [4.69, 9.17) is 0 Å². The van der Waals surface area contributed by atoms with Gasteiger partial charge < -0.3 is 15.1 Å². The quantitative estimate of drug-likeness (QED) is 0.924. The maximum atomic E-state index is 4.55. The van der Waals surface area contributed by atoms with E-state index >= 15 is 0 Å². The van der Waals surface area contributed by atoms with Crippen LogP contribution in [0.25, 0.3) is 0 Å². The van der Waals surface area contributed by atoms with E-state index in [1.165, 1.54) is 5.69 Å². The molecule has 0 aliphatic carbocycles. The summed E-state index contributed by atoms with van der Waals surface area (Å²) in [5.74, 6) is 1.61. The lowest BCUT2D eigenvalue weighted by Gasteiger charge is -2.37. The van der Waals surface area contributed by atoms with Gasteiger partial charge in [-0.25, -0.2) is 4.98 Å². The molecule has 1 fully saturated rings. The number of aromatic nitrogens is 2. The molecule has 1 aromatic carbocycles. The number of nitrogens with zero attached hydrogens (tertiary/aromatic N) is 4. The molecule has 0 atom stereocenters. The van der Waals surface area contributed by atoms with Crippen LogP contribution in [0, 0.1) is 0 Å². The number of anilines is 3. The first-order valence-electron chi connectivity index (χ1n) is 7.03. The zero-order valence-electron chi connectivity index (χ0n) is 12.0. The third-order valence-electron chi connectivity index (χ3n) is 3.65. The summed E-state index contributed by atoms with van der Waals surface area (Å²) in [7, 11) is 1.83. The first-order chi connectivity index (χ1) is 10.3. The van der Waals surface area contributed by atoms with Gasteiger partial charge in [-0.3, -0.25) is 0 Å². The highest BCUT2D eigenvalue weighted by Gasteiger charge is 2.20. The number of hydrogen-bond acceptors (Lipinski definition) is 5. The molecule has 1 aromatic heterocycles. The molecule has 1 saturated heterocycles. The molecule has 0 spiro atoms. The van der Waals surface area contributed by atoms with Crippen molar-refractivity contribution in [2.24, 2.45) is 0 Å². The summed E-state index contributed by atoms with van der Waals surface area (Å²) in [6.07, 6.45) is 1.80. The molecule has 21 heavy (non-hydrogen) atoms. The van der Waals surface area contributed by atoms with Crippen LogP contribution in [-0.4, -0.2) is 43.2 Å². The maximum absolute atomic E-state index is 4.55. The van der Waals surface area contributed by atoms with Crippen molar-refractivity contribution in [1.29, 1.82) is 0 Å². The molecule has 1 N–H and O–H groups in total. The molecule has 0 radical (unpaired) electrons. The van der Waals surface area contributed by atoms with Gasteiger partial charge in [0.2, 0.25) is 5.95 Å². The van der Waals surface area contributed by atoms with Crippen LogP contribution in [0.15, 0.2) is 41.0 Å². The van der Waals surface area contributed by atoms with Crippen molar-refractivity contribution in [3.05, 3.63) is 41.0 Å². The molecular formula is C15H18BrN5. The number of benzene rings is 1. The average Bonchev–Trinajstić information content (AvgIpc) is 2.56. The van der Waals surface area contributed by atoms with Crippen LogP contribution in [0.2, 0.25) is 0 Å². The first kappa shape index (κ1) is 14.1. The summed E-state index contributed by atoms with van der Waals surface area (Å²) in [6, 6.07) is 10.5. The van der Waals surface area contributed by atoms with Gasteiger partial charge in [-0.15, -0.1) is 0 Å². The molecule has 3 rings (SSSR count). The smallest absolute Gasteiger partial charge is 0.224 e. The molecule has 5 nitrogen and oxygen atoms in total. The molecule has 0 saturated carbocycles. The Morgan fingerprint density at radius 2 is 1.71 bits per heavy atom. The van der Waals surface area contributed by atoms with Crippen LogP contribution in [0.3, 0.4) is 0 Å². The Kier molecular flexibility index (Phi) is 4.24. The lowest BCUT2D eigenvalue weighted by atomic mass is 10.2. The van der Waals surface area contributed by atoms with Gasteiger partial charge in [-0.2, -0.15) is 4.98 Å². The molecule has 0 unspecified atom stereocenters. The topological polar surface area (TPSA) is 44.3 Å². The molecule has 1 aliphatic heterocycles. The van der Waals surface area contributed by atoms with Crippen molar-refractivity contribution in [2.75, 3.05) is 48.3 Å². The van der Waals surface area contributed by atoms with Crippen molar-refractivity contribution >= 4 is 33.4 Å². The zero-order chi connectivity index (χ0) is 14.7. The Hall–Kier alpha value is -1.82. The number of halogens is 1. The molecule has 1 aliphatic rings. The van der Waals surface area contributed by atoms with Crippen LogP contribution in [0.5, 0.6) is 0 Å². The van der Waals surface area contributed by atoms with Crippen LogP contribution in [0.4, 0.5) is 17.5 Å². The summed E-state index contributed by atoms with van der Waals surface area (Å²) in [5, 5.41) is 2.99. The lowest BCUT2D eigenvalue weighted by molar-refractivity contribution is 0.646. The van der Waals surface area contributed by atoms with Gasteiger partial charge in [-0.1, -0.05) is 18.2 Å². The van der Waals surface area contributed by atoms with Gasteiger partial charge >= 0.3 is 0 Å². The second-order valence-corrected chi connectivity index (χ2v) is 5.78. The fourth-order valence-electron chi connectivity index (χ4n) is 2.52. The summed E-state index contributed by atoms with van der Waals surface area (Å²) in [6.45, 7) is 3.89. The summed E-state index contributed by atoms with van der Waals surface area (Å²) in [5.41, 5.74) is 1.29. The summed E-state index contributed by atoms with van der Waals surface area (Å²) in [4.78, 5) is 13.5. The average molecular weight is 348 g/mol. The van der Waals surface area contributed by atoms with Crippen LogP contribution in [-0.2, 0) is 0 Å². The van der Waals surface area contributed by atoms with Crippen molar-refractivity contribution in [3.8, 4) is 0 Å². The van der Waals surface area contributed by atoms with Crippen molar-refractivity contribution < 1.29 is 0 Å². The summed E-state index contributed by atoms with van der Waals surface area (Å²) >= 11 is 3.55. The van der Waals surface area contributed by atoms with Crippen molar-refractivity contribution in [2.45, 2.75) is 0 Å². The zero-order valence-corrected chi connectivity index (χ0v) is 13.5. The number of nitrogens with one attached hydrogen (secondary N) is 1. The molecule has 2 heterocycles. The van der Waals surface area contributed by atoms with Crippen molar-refractivity contribution in [3.63, 3.8) is 0 Å². The Labute approximate surface area is 133 Å². The fourth-order valence-corrected chi connectivity index (χ4v) is 2.96. The Bertz CT molecular complexity index is 596. The Morgan fingerprint density at radius 3 is 2.38 bits per heavy atom. The van der Waals surface area contributed by atoms with E-state index in [-0.39, 0.29) is 0 Å². The number of hydrogen-bond donors (Lipinski definition) is 1. The second-order valence-electron chi connectivity index (χ2n) is 4.92. The van der Waals surface area contributed by atoms with Crippen LogP contribution in [0.1, 0.15) is 0 Å². The lowest BCUT2D eigenvalue weighted by Crippen LogP contribution is -2.47. The molecule has 110 valence electrons. The molecule has 6 heteroatoms. The SMILES string of the molecule is CNc1ncc(Br)c(N2CCN(c3ccccc3)CC2)n1. The van der Waals surface area contributed by atoms with Gasteiger partial charge in [0.25, 0.3) is 0 Å². The van der Waals surface area contributed by atoms with Gasteiger partial charge in [0, 0.05) is 45.1 Å². The highest BCUT2D eigenvalue weighted by atomic mass is 79.9. The highest BCUT2D eigenvalue weighted by Crippen LogP contribution is 2.26. The standard InChI is InChI=1S/C15H18BrN5/c1-17-15-18-11-13(16)14(19-15)21-9-7-20(8-10-21)12-5-3-2-4-6-12/h2-6,11H,7-10H2,1H3,(H,17,18,19). The van der Waals surface area contributed by atoms with Crippen molar-refractivity contribution in [1.82, 2.24) is 9.97 Å². The van der Waals surface area contributed by atoms with Crippen LogP contribution >= 0.6 is 15.9 Å². The minimum absolute atomic E-state index is 0.652. The number of piperazine rings is 1. The highest BCUT2D eigenvalue weighted by molar-refractivity contribution is 9.10. The molecule has 2 aromatic rings. The fraction of sp³-hybridized carbons (Fsp3) is 0.333. The van der Waals surface area contributed by atoms with E-state index in [1.807, 2.05) is 7.05 Å². The Balaban J connectivity index is 1.71. The molecule has 0 amide bonds. The number of rotatable bonds is 3. The third-order valence-corrected chi connectivity index (χ3v) is 4.21. The molecule has 0 bridgehead atoms. The van der Waals surface area contributed by atoms with E-state index in [1.54, 1.807) is 6.20 Å². The third kappa shape index (κ3) is 3.10. The van der Waals surface area contributed by atoms with E-state index in [0.717, 1.165) is 36.5 Å². The maximum Gasteiger partial charge on any atom is 0.224 e. The first-order valence-corrected chi connectivity index (χ1v) is 7.82. The predicted octanol–water partition coefficient (Wildman–Crippen LogP) is 2.61. The summed E-state index contributed by atoms with van der Waals surface area (Å²) < 4.78 is 0.940. The van der Waals surface area contributed by atoms with Gasteiger partial charge in [0.05, 0.1) is 4.47 Å². The van der Waals surface area contributed by atoms with Gasteiger partial charge in [0.1, 0.15) is 5.82 Å². The Morgan fingerprint density at radius 1 is 1.05 bits per heavy atom.